The zero-order valence-electron chi connectivity index (χ0n) is 11.4. The van der Waals surface area contributed by atoms with Gasteiger partial charge in [-0.25, -0.2) is 0 Å². The highest BCUT2D eigenvalue weighted by Crippen LogP contribution is 2.18. The van der Waals surface area contributed by atoms with Gasteiger partial charge in [-0.15, -0.1) is 0 Å². The van der Waals surface area contributed by atoms with Crippen LogP contribution in [0.2, 0.25) is 0 Å². The standard InChI is InChI=1S/C14H26N2OS/c1-11(15-13-7-9-18-10-8-13)14(17)16-12-5-3-2-4-6-12/h11-13,15H,2-10H2,1H3,(H,16,17). The molecule has 0 spiro atoms. The summed E-state index contributed by atoms with van der Waals surface area (Å²) in [5.41, 5.74) is 0. The van der Waals surface area contributed by atoms with Crippen LogP contribution in [0, 0.1) is 0 Å². The molecule has 1 aliphatic carbocycles. The Hall–Kier alpha value is -0.220. The van der Waals surface area contributed by atoms with Crippen molar-refractivity contribution in [1.82, 2.24) is 10.6 Å². The molecule has 1 atom stereocenters. The first-order valence-electron chi connectivity index (χ1n) is 7.40. The minimum absolute atomic E-state index is 0.0416. The van der Waals surface area contributed by atoms with Gasteiger partial charge in [0.2, 0.25) is 5.91 Å². The molecule has 0 aromatic carbocycles. The van der Waals surface area contributed by atoms with E-state index in [9.17, 15) is 4.79 Å². The zero-order valence-corrected chi connectivity index (χ0v) is 12.2. The Morgan fingerprint density at radius 3 is 2.39 bits per heavy atom. The van der Waals surface area contributed by atoms with Crippen LogP contribution in [0.15, 0.2) is 0 Å². The van der Waals surface area contributed by atoms with E-state index >= 15 is 0 Å². The van der Waals surface area contributed by atoms with Crippen molar-refractivity contribution in [3.8, 4) is 0 Å². The summed E-state index contributed by atoms with van der Waals surface area (Å²) >= 11 is 2.02. The molecule has 2 aliphatic rings. The van der Waals surface area contributed by atoms with Crippen molar-refractivity contribution in [1.29, 1.82) is 0 Å². The molecule has 2 rings (SSSR count). The summed E-state index contributed by atoms with van der Waals surface area (Å²) in [7, 11) is 0. The Morgan fingerprint density at radius 1 is 1.06 bits per heavy atom. The summed E-state index contributed by atoms with van der Waals surface area (Å²) in [6.45, 7) is 2.00. The minimum atomic E-state index is -0.0416. The number of carbonyl (C=O) groups is 1. The molecule has 104 valence electrons. The van der Waals surface area contributed by atoms with E-state index in [0.717, 1.165) is 0 Å². The van der Waals surface area contributed by atoms with Crippen molar-refractivity contribution in [2.24, 2.45) is 0 Å². The molecule has 1 unspecified atom stereocenters. The normalized spacial score (nSPS) is 24.7. The molecule has 1 heterocycles. The van der Waals surface area contributed by atoms with Gasteiger partial charge in [0.15, 0.2) is 0 Å². The van der Waals surface area contributed by atoms with Crippen LogP contribution >= 0.6 is 11.8 Å². The monoisotopic (exact) mass is 270 g/mol. The SMILES string of the molecule is CC(NC1CCSCC1)C(=O)NC1CCCCC1. The lowest BCUT2D eigenvalue weighted by atomic mass is 9.95. The molecule has 0 bridgehead atoms. The smallest absolute Gasteiger partial charge is 0.237 e. The first-order chi connectivity index (χ1) is 8.75. The number of thioether (sulfide) groups is 1. The maximum Gasteiger partial charge on any atom is 0.237 e. The minimum Gasteiger partial charge on any atom is -0.352 e. The van der Waals surface area contributed by atoms with Crippen LogP contribution < -0.4 is 10.6 Å². The van der Waals surface area contributed by atoms with Gasteiger partial charge in [-0.2, -0.15) is 11.8 Å². The Balaban J connectivity index is 1.69. The summed E-state index contributed by atoms with van der Waals surface area (Å²) in [4.78, 5) is 12.1. The van der Waals surface area contributed by atoms with Crippen LogP contribution in [0.3, 0.4) is 0 Å². The van der Waals surface area contributed by atoms with Gasteiger partial charge in [0.1, 0.15) is 0 Å². The third-order valence-electron chi connectivity index (χ3n) is 4.05. The summed E-state index contributed by atoms with van der Waals surface area (Å²) in [6.07, 6.45) is 8.60. The fourth-order valence-corrected chi connectivity index (χ4v) is 3.97. The van der Waals surface area contributed by atoms with E-state index in [4.69, 9.17) is 0 Å². The van der Waals surface area contributed by atoms with Gasteiger partial charge in [-0.1, -0.05) is 19.3 Å². The maximum atomic E-state index is 12.1. The number of carbonyl (C=O) groups excluding carboxylic acids is 1. The highest BCUT2D eigenvalue weighted by Gasteiger charge is 2.22. The number of nitrogens with one attached hydrogen (secondary N) is 2. The van der Waals surface area contributed by atoms with Crippen molar-refractivity contribution in [2.75, 3.05) is 11.5 Å². The molecule has 4 heteroatoms. The lowest BCUT2D eigenvalue weighted by Gasteiger charge is -2.28. The molecule has 0 aromatic rings. The van der Waals surface area contributed by atoms with Gasteiger partial charge in [0.25, 0.3) is 0 Å². The van der Waals surface area contributed by atoms with Gasteiger partial charge in [0.05, 0.1) is 6.04 Å². The molecular formula is C14H26N2OS. The van der Waals surface area contributed by atoms with Crippen molar-refractivity contribution in [2.45, 2.75) is 70.0 Å². The second-order valence-electron chi connectivity index (χ2n) is 5.62. The first-order valence-corrected chi connectivity index (χ1v) is 8.55. The van der Waals surface area contributed by atoms with Gasteiger partial charge in [-0.3, -0.25) is 4.79 Å². The highest BCUT2D eigenvalue weighted by molar-refractivity contribution is 7.99. The highest BCUT2D eigenvalue weighted by atomic mass is 32.2. The van der Waals surface area contributed by atoms with E-state index in [1.54, 1.807) is 0 Å². The summed E-state index contributed by atoms with van der Waals surface area (Å²) in [5, 5.41) is 6.68. The molecule has 1 saturated carbocycles. The summed E-state index contributed by atoms with van der Waals surface area (Å²) in [6, 6.07) is 0.927. The third-order valence-corrected chi connectivity index (χ3v) is 5.10. The molecular weight excluding hydrogens is 244 g/mol. The average molecular weight is 270 g/mol. The molecule has 2 N–H and O–H groups in total. The molecule has 3 nitrogen and oxygen atoms in total. The lowest BCUT2D eigenvalue weighted by molar-refractivity contribution is -0.123. The van der Waals surface area contributed by atoms with Gasteiger partial charge in [-0.05, 0) is 44.1 Å². The molecule has 0 aromatic heterocycles. The maximum absolute atomic E-state index is 12.1. The van der Waals surface area contributed by atoms with Crippen LogP contribution in [0.1, 0.15) is 51.9 Å². The number of hydrogen-bond donors (Lipinski definition) is 2. The summed E-state index contributed by atoms with van der Waals surface area (Å²) in [5.74, 6) is 2.66. The van der Waals surface area contributed by atoms with Crippen LogP contribution in [-0.4, -0.2) is 35.5 Å². The predicted octanol–water partition coefficient (Wildman–Crippen LogP) is 2.31. The average Bonchev–Trinajstić information content (AvgIpc) is 2.41. The van der Waals surface area contributed by atoms with Crippen LogP contribution in [0.25, 0.3) is 0 Å². The molecule has 1 aliphatic heterocycles. The Bertz CT molecular complexity index is 261. The topological polar surface area (TPSA) is 41.1 Å². The Morgan fingerprint density at radius 2 is 1.72 bits per heavy atom. The van der Waals surface area contributed by atoms with Crippen LogP contribution in [-0.2, 0) is 4.79 Å². The number of amides is 1. The molecule has 1 saturated heterocycles. The van der Waals surface area contributed by atoms with Crippen molar-refractivity contribution in [3.63, 3.8) is 0 Å². The second kappa shape index (κ2) is 7.39. The number of hydrogen-bond acceptors (Lipinski definition) is 3. The second-order valence-corrected chi connectivity index (χ2v) is 6.84. The third kappa shape index (κ3) is 4.47. The molecule has 18 heavy (non-hydrogen) atoms. The molecule has 1 amide bonds. The van der Waals surface area contributed by atoms with Crippen molar-refractivity contribution in [3.05, 3.63) is 0 Å². The van der Waals surface area contributed by atoms with E-state index in [2.05, 4.69) is 10.6 Å². The summed E-state index contributed by atoms with van der Waals surface area (Å²) < 4.78 is 0. The number of rotatable bonds is 4. The zero-order chi connectivity index (χ0) is 12.8. The Labute approximate surface area is 115 Å². The lowest BCUT2D eigenvalue weighted by Crippen LogP contribution is -2.50. The van der Waals surface area contributed by atoms with Gasteiger partial charge >= 0.3 is 0 Å². The van der Waals surface area contributed by atoms with Crippen molar-refractivity contribution < 1.29 is 4.79 Å². The van der Waals surface area contributed by atoms with Crippen LogP contribution in [0.5, 0.6) is 0 Å². The van der Waals surface area contributed by atoms with Crippen molar-refractivity contribution >= 4 is 17.7 Å². The Kier molecular flexibility index (Phi) is 5.83. The first kappa shape index (κ1) is 14.2. The predicted molar refractivity (Wildman–Crippen MR) is 78.0 cm³/mol. The van der Waals surface area contributed by atoms with E-state index in [0.29, 0.717) is 12.1 Å². The van der Waals surface area contributed by atoms with E-state index < -0.39 is 0 Å². The largest absolute Gasteiger partial charge is 0.352 e. The molecule has 2 fully saturated rings. The fraction of sp³-hybridized carbons (Fsp3) is 0.929. The van der Waals surface area contributed by atoms with E-state index in [-0.39, 0.29) is 11.9 Å². The molecule has 0 radical (unpaired) electrons. The fourth-order valence-electron chi connectivity index (χ4n) is 2.87. The van der Waals surface area contributed by atoms with Gasteiger partial charge in [0, 0.05) is 12.1 Å². The quantitative estimate of drug-likeness (QED) is 0.823. The van der Waals surface area contributed by atoms with Gasteiger partial charge < -0.3 is 10.6 Å². The van der Waals surface area contributed by atoms with Crippen LogP contribution in [0.4, 0.5) is 0 Å². The van der Waals surface area contributed by atoms with E-state index in [1.165, 1.54) is 56.5 Å². The van der Waals surface area contributed by atoms with E-state index in [1.807, 2.05) is 18.7 Å².